The zero-order valence-corrected chi connectivity index (χ0v) is 16.7. The van der Waals surface area contributed by atoms with Crippen molar-refractivity contribution in [2.75, 3.05) is 0 Å². The maximum atomic E-state index is 10.6. The summed E-state index contributed by atoms with van der Waals surface area (Å²) in [4.78, 5) is 0. The van der Waals surface area contributed by atoms with E-state index in [2.05, 4.69) is 55.5 Å². The molecular weight excluding hydrogens is 344 g/mol. The van der Waals surface area contributed by atoms with Gasteiger partial charge in [-0.3, -0.25) is 0 Å². The van der Waals surface area contributed by atoms with Gasteiger partial charge >= 0.3 is 0 Å². The number of aryl methyl sites for hydroxylation is 1. The second-order valence-electron chi connectivity index (χ2n) is 9.20. The molecule has 3 aliphatic carbocycles. The lowest BCUT2D eigenvalue weighted by Gasteiger charge is -2.54. The predicted molar refractivity (Wildman–Crippen MR) is 112 cm³/mol. The summed E-state index contributed by atoms with van der Waals surface area (Å²) in [5.74, 6) is 2.93. The maximum absolute atomic E-state index is 10.6. The molecule has 0 spiro atoms. The summed E-state index contributed by atoms with van der Waals surface area (Å²) in [5, 5.41) is 10.6. The summed E-state index contributed by atoms with van der Waals surface area (Å²) in [6, 6.07) is 17.1. The molecule has 0 heterocycles. The maximum Gasteiger partial charge on any atom is 0.120 e. The summed E-state index contributed by atoms with van der Waals surface area (Å²) < 4.78 is 6.07. The first-order chi connectivity index (χ1) is 13.6. The van der Waals surface area contributed by atoms with Crippen LogP contribution in [0, 0.1) is 17.3 Å². The largest absolute Gasteiger partial charge is 0.489 e. The van der Waals surface area contributed by atoms with Gasteiger partial charge in [-0.15, -0.1) is 0 Å². The minimum absolute atomic E-state index is 0.0617. The van der Waals surface area contributed by atoms with Crippen molar-refractivity contribution in [3.8, 4) is 5.75 Å². The van der Waals surface area contributed by atoms with Gasteiger partial charge in [-0.2, -0.15) is 0 Å². The minimum atomic E-state index is -0.276. The Kier molecular flexibility index (Phi) is 4.55. The molecule has 1 N–H and O–H groups in total. The van der Waals surface area contributed by atoms with Crippen molar-refractivity contribution < 1.29 is 9.84 Å². The van der Waals surface area contributed by atoms with Crippen LogP contribution >= 0.6 is 0 Å². The van der Waals surface area contributed by atoms with E-state index in [0.717, 1.165) is 25.0 Å². The molecule has 146 valence electrons. The van der Waals surface area contributed by atoms with E-state index < -0.39 is 0 Å². The Morgan fingerprint density at radius 1 is 1.11 bits per heavy atom. The summed E-state index contributed by atoms with van der Waals surface area (Å²) in [6.07, 6.45) is 9.78. The third-order valence-corrected chi connectivity index (χ3v) is 7.77. The zero-order valence-electron chi connectivity index (χ0n) is 16.7. The second-order valence-corrected chi connectivity index (χ2v) is 9.20. The fraction of sp³-hybridized carbons (Fsp3) is 0.462. The van der Waals surface area contributed by atoms with E-state index in [1.807, 2.05) is 12.1 Å². The van der Waals surface area contributed by atoms with E-state index in [9.17, 15) is 5.11 Å². The highest BCUT2D eigenvalue weighted by atomic mass is 16.5. The molecule has 3 aliphatic rings. The smallest absolute Gasteiger partial charge is 0.120 e. The number of allylic oxidation sites excluding steroid dienone is 1. The molecule has 28 heavy (non-hydrogen) atoms. The number of aliphatic hydroxyl groups is 1. The predicted octanol–water partition coefficient (Wildman–Crippen LogP) is 5.65. The van der Waals surface area contributed by atoms with Crippen molar-refractivity contribution in [2.45, 2.75) is 57.7 Å². The van der Waals surface area contributed by atoms with E-state index in [-0.39, 0.29) is 11.5 Å². The lowest BCUT2D eigenvalue weighted by molar-refractivity contribution is -0.0526. The van der Waals surface area contributed by atoms with E-state index in [4.69, 9.17) is 4.74 Å². The Hall–Kier alpha value is -2.06. The molecule has 2 aromatic rings. The standard InChI is InChI=1S/C26H30O2/c1-26-15-14-22-21-13-11-20(28-17-18-6-3-2-4-7-18)16-19(21)10-12-23(22)24(26)8-5-9-25(26)27/h2-7,9,11,13,16,22-25,27H,8,10,12,14-15,17H2,1H3/t22-,23-,24+,25+,26+/m1/s1. The quantitative estimate of drug-likeness (QED) is 0.704. The van der Waals surface area contributed by atoms with Gasteiger partial charge in [-0.05, 0) is 78.7 Å². The Labute approximate surface area is 168 Å². The van der Waals surface area contributed by atoms with Crippen LogP contribution in [-0.2, 0) is 13.0 Å². The molecule has 0 aromatic heterocycles. The number of hydrogen-bond donors (Lipinski definition) is 1. The molecule has 2 aromatic carbocycles. The van der Waals surface area contributed by atoms with E-state index in [1.54, 1.807) is 0 Å². The Morgan fingerprint density at radius 3 is 2.82 bits per heavy atom. The van der Waals surface area contributed by atoms with Gasteiger partial charge in [0.25, 0.3) is 0 Å². The third-order valence-electron chi connectivity index (χ3n) is 7.77. The summed E-state index contributed by atoms with van der Waals surface area (Å²) in [5.41, 5.74) is 4.28. The van der Waals surface area contributed by atoms with Crippen molar-refractivity contribution in [3.63, 3.8) is 0 Å². The first-order valence-electron chi connectivity index (χ1n) is 10.8. The van der Waals surface area contributed by atoms with Crippen molar-refractivity contribution in [2.24, 2.45) is 17.3 Å². The van der Waals surface area contributed by atoms with Crippen LogP contribution in [0.3, 0.4) is 0 Å². The number of rotatable bonds is 3. The van der Waals surface area contributed by atoms with Crippen LogP contribution in [-0.4, -0.2) is 11.2 Å². The van der Waals surface area contributed by atoms with Crippen LogP contribution in [0.5, 0.6) is 5.75 Å². The molecule has 5 atom stereocenters. The van der Waals surface area contributed by atoms with E-state index in [0.29, 0.717) is 24.4 Å². The number of fused-ring (bicyclic) bond motifs is 5. The van der Waals surface area contributed by atoms with Crippen molar-refractivity contribution in [1.29, 1.82) is 0 Å². The number of benzene rings is 2. The Morgan fingerprint density at radius 2 is 1.96 bits per heavy atom. The fourth-order valence-corrected chi connectivity index (χ4v) is 6.12. The average molecular weight is 375 g/mol. The van der Waals surface area contributed by atoms with Gasteiger partial charge < -0.3 is 9.84 Å². The average Bonchev–Trinajstić information content (AvgIpc) is 2.73. The van der Waals surface area contributed by atoms with Gasteiger partial charge in [0.2, 0.25) is 0 Å². The van der Waals surface area contributed by atoms with Gasteiger partial charge in [0.1, 0.15) is 12.4 Å². The highest BCUT2D eigenvalue weighted by Crippen LogP contribution is 2.58. The first kappa shape index (κ1) is 18.0. The molecule has 2 heteroatoms. The second kappa shape index (κ2) is 7.08. The summed E-state index contributed by atoms with van der Waals surface area (Å²) in [7, 11) is 0. The van der Waals surface area contributed by atoms with Crippen LogP contribution in [0.25, 0.3) is 0 Å². The molecule has 1 fully saturated rings. The normalized spacial score (nSPS) is 33.5. The molecular formula is C26H30O2. The van der Waals surface area contributed by atoms with Crippen molar-refractivity contribution in [1.82, 2.24) is 0 Å². The van der Waals surface area contributed by atoms with Gasteiger partial charge in [-0.1, -0.05) is 55.5 Å². The molecule has 1 saturated carbocycles. The monoisotopic (exact) mass is 374 g/mol. The Balaban J connectivity index is 1.35. The van der Waals surface area contributed by atoms with E-state index in [1.165, 1.54) is 29.5 Å². The minimum Gasteiger partial charge on any atom is -0.489 e. The highest BCUT2D eigenvalue weighted by Gasteiger charge is 2.51. The van der Waals surface area contributed by atoms with Gasteiger partial charge in [0, 0.05) is 5.41 Å². The third kappa shape index (κ3) is 2.99. The number of ether oxygens (including phenoxy) is 1. The van der Waals surface area contributed by atoms with Crippen molar-refractivity contribution in [3.05, 3.63) is 77.4 Å². The molecule has 0 bridgehead atoms. The Bertz CT molecular complexity index is 871. The molecule has 0 saturated heterocycles. The molecule has 5 rings (SSSR count). The fourth-order valence-electron chi connectivity index (χ4n) is 6.12. The molecule has 0 amide bonds. The molecule has 0 unspecified atom stereocenters. The number of hydrogen-bond acceptors (Lipinski definition) is 2. The SMILES string of the molecule is C[C@]12CC[C@@H]3c4ccc(OCc5ccccc5)cc4CC[C@H]3[C@@H]1CC=C[C@@H]2O. The molecule has 2 nitrogen and oxygen atoms in total. The summed E-state index contributed by atoms with van der Waals surface area (Å²) >= 11 is 0. The number of aliphatic hydroxyl groups excluding tert-OH is 1. The van der Waals surface area contributed by atoms with Gasteiger partial charge in [0.15, 0.2) is 0 Å². The zero-order chi connectivity index (χ0) is 19.1. The van der Waals surface area contributed by atoms with Gasteiger partial charge in [-0.25, -0.2) is 0 Å². The molecule has 0 aliphatic heterocycles. The van der Waals surface area contributed by atoms with E-state index >= 15 is 0 Å². The molecule has 0 radical (unpaired) electrons. The van der Waals surface area contributed by atoms with Crippen LogP contribution in [0.4, 0.5) is 0 Å². The first-order valence-corrected chi connectivity index (χ1v) is 10.8. The van der Waals surface area contributed by atoms with Crippen LogP contribution < -0.4 is 4.74 Å². The van der Waals surface area contributed by atoms with Crippen LogP contribution in [0.15, 0.2) is 60.7 Å². The lowest BCUT2D eigenvalue weighted by Crippen LogP contribution is -2.49. The summed E-state index contributed by atoms with van der Waals surface area (Å²) in [6.45, 7) is 2.94. The highest BCUT2D eigenvalue weighted by molar-refractivity contribution is 5.41. The van der Waals surface area contributed by atoms with Crippen LogP contribution in [0.1, 0.15) is 55.2 Å². The van der Waals surface area contributed by atoms with Crippen LogP contribution in [0.2, 0.25) is 0 Å². The van der Waals surface area contributed by atoms with Crippen molar-refractivity contribution >= 4 is 0 Å². The lowest BCUT2D eigenvalue weighted by atomic mass is 9.51. The van der Waals surface area contributed by atoms with Gasteiger partial charge in [0.05, 0.1) is 6.10 Å². The topological polar surface area (TPSA) is 29.5 Å².